The van der Waals surface area contributed by atoms with Crippen LogP contribution >= 0.6 is 0 Å². The van der Waals surface area contributed by atoms with Gasteiger partial charge in [-0.3, -0.25) is 4.68 Å². The number of hydrogen-bond donors (Lipinski definition) is 2. The van der Waals surface area contributed by atoms with Gasteiger partial charge in [-0.05, 0) is 31.2 Å². The molecule has 2 rings (SSSR count). The van der Waals surface area contributed by atoms with E-state index in [-0.39, 0.29) is 4.90 Å². The lowest BCUT2D eigenvalue weighted by molar-refractivity contribution is 0.584. The summed E-state index contributed by atoms with van der Waals surface area (Å²) in [5, 5.41) is 7.44. The Balaban J connectivity index is 2.19. The molecule has 0 radical (unpaired) electrons. The Bertz CT molecular complexity index is 690. The van der Waals surface area contributed by atoms with E-state index in [1.165, 1.54) is 0 Å². The highest BCUT2D eigenvalue weighted by Gasteiger charge is 2.12. The van der Waals surface area contributed by atoms with Crippen LogP contribution in [0.4, 0.5) is 11.4 Å². The van der Waals surface area contributed by atoms with Crippen LogP contribution in [-0.4, -0.2) is 24.7 Å². The molecule has 1 heterocycles. The number of aromatic nitrogens is 2. The smallest absolute Gasteiger partial charge is 0.240 e. The number of anilines is 2. The summed E-state index contributed by atoms with van der Waals surface area (Å²) < 4.78 is 27.8. The maximum atomic E-state index is 11.8. The number of benzene rings is 1. The van der Waals surface area contributed by atoms with E-state index in [0.717, 1.165) is 17.1 Å². The first kappa shape index (κ1) is 14.5. The Kier molecular flexibility index (Phi) is 4.10. The number of nitrogens with zero attached hydrogens (tertiary/aromatic N) is 2. The van der Waals surface area contributed by atoms with Crippen molar-refractivity contribution in [3.05, 3.63) is 36.2 Å². The van der Waals surface area contributed by atoms with Gasteiger partial charge in [0.25, 0.3) is 0 Å². The van der Waals surface area contributed by atoms with Gasteiger partial charge >= 0.3 is 0 Å². The Hall–Kier alpha value is -1.86. The van der Waals surface area contributed by atoms with Gasteiger partial charge in [-0.2, -0.15) is 5.10 Å². The highest BCUT2D eigenvalue weighted by Crippen LogP contribution is 2.20. The molecule has 108 valence electrons. The molecule has 0 aliphatic rings. The fourth-order valence-electron chi connectivity index (χ4n) is 1.87. The summed E-state index contributed by atoms with van der Waals surface area (Å²) in [7, 11) is -1.55. The quantitative estimate of drug-likeness (QED) is 0.881. The van der Waals surface area contributed by atoms with Crippen molar-refractivity contribution in [2.45, 2.75) is 18.7 Å². The first-order valence-electron chi connectivity index (χ1n) is 6.29. The van der Waals surface area contributed by atoms with E-state index in [9.17, 15) is 8.42 Å². The van der Waals surface area contributed by atoms with E-state index in [1.54, 1.807) is 35.9 Å². The summed E-state index contributed by atoms with van der Waals surface area (Å²) in [4.78, 5) is 0.257. The van der Waals surface area contributed by atoms with Crippen LogP contribution in [0.2, 0.25) is 0 Å². The molecule has 0 unspecified atom stereocenters. The molecular formula is C13H18N4O2S. The lowest BCUT2D eigenvalue weighted by atomic mass is 10.3. The monoisotopic (exact) mass is 294 g/mol. The molecular weight excluding hydrogens is 276 g/mol. The lowest BCUT2D eigenvalue weighted by Gasteiger charge is -2.07. The predicted octanol–water partition coefficient (Wildman–Crippen LogP) is 1.77. The van der Waals surface area contributed by atoms with Gasteiger partial charge in [-0.25, -0.2) is 13.1 Å². The standard InChI is InChI=1S/C13H18N4O2S/c1-4-14-20(18,19)12-7-5-11(6-8-12)15-13-9-17(3)16-10(13)2/h5-9,14-15H,4H2,1-3H3. The molecule has 7 heteroatoms. The van der Waals surface area contributed by atoms with Gasteiger partial charge in [0.1, 0.15) is 0 Å². The van der Waals surface area contributed by atoms with E-state index in [2.05, 4.69) is 15.1 Å². The fourth-order valence-corrected chi connectivity index (χ4v) is 2.91. The average Bonchev–Trinajstić information content (AvgIpc) is 2.68. The summed E-state index contributed by atoms with van der Waals surface area (Å²) in [6.07, 6.45) is 1.87. The Morgan fingerprint density at radius 1 is 1.25 bits per heavy atom. The van der Waals surface area contributed by atoms with Crippen LogP contribution < -0.4 is 10.0 Å². The minimum absolute atomic E-state index is 0.257. The molecule has 1 aromatic heterocycles. The molecule has 0 fully saturated rings. The van der Waals surface area contributed by atoms with Crippen molar-refractivity contribution < 1.29 is 8.42 Å². The maximum absolute atomic E-state index is 11.8. The highest BCUT2D eigenvalue weighted by molar-refractivity contribution is 7.89. The normalized spacial score (nSPS) is 11.6. The second kappa shape index (κ2) is 5.64. The third-order valence-corrected chi connectivity index (χ3v) is 4.35. The Morgan fingerprint density at radius 3 is 2.40 bits per heavy atom. The summed E-state index contributed by atoms with van der Waals surface area (Å²) in [5.41, 5.74) is 2.60. The van der Waals surface area contributed by atoms with Gasteiger partial charge in [0, 0.05) is 25.5 Å². The van der Waals surface area contributed by atoms with Crippen molar-refractivity contribution in [2.24, 2.45) is 7.05 Å². The lowest BCUT2D eigenvalue weighted by Crippen LogP contribution is -2.22. The highest BCUT2D eigenvalue weighted by atomic mass is 32.2. The van der Waals surface area contributed by atoms with E-state index in [0.29, 0.717) is 6.54 Å². The molecule has 1 aromatic carbocycles. The zero-order valence-corrected chi connectivity index (χ0v) is 12.5. The van der Waals surface area contributed by atoms with Crippen LogP contribution in [0, 0.1) is 6.92 Å². The van der Waals surface area contributed by atoms with Crippen LogP contribution in [0.25, 0.3) is 0 Å². The van der Waals surface area contributed by atoms with Gasteiger partial charge in [-0.1, -0.05) is 6.92 Å². The minimum Gasteiger partial charge on any atom is -0.353 e. The summed E-state index contributed by atoms with van der Waals surface area (Å²) in [6, 6.07) is 6.62. The van der Waals surface area contributed by atoms with Crippen molar-refractivity contribution in [1.82, 2.24) is 14.5 Å². The second-order valence-electron chi connectivity index (χ2n) is 4.45. The first-order chi connectivity index (χ1) is 9.42. The van der Waals surface area contributed by atoms with Crippen LogP contribution in [-0.2, 0) is 17.1 Å². The molecule has 2 aromatic rings. The second-order valence-corrected chi connectivity index (χ2v) is 6.22. The van der Waals surface area contributed by atoms with E-state index >= 15 is 0 Å². The van der Waals surface area contributed by atoms with E-state index in [1.807, 2.05) is 20.2 Å². The molecule has 0 bridgehead atoms. The number of aryl methyl sites for hydroxylation is 2. The molecule has 0 spiro atoms. The third-order valence-electron chi connectivity index (χ3n) is 2.79. The molecule has 0 aliphatic heterocycles. The molecule has 0 atom stereocenters. The maximum Gasteiger partial charge on any atom is 0.240 e. The van der Waals surface area contributed by atoms with E-state index in [4.69, 9.17) is 0 Å². The van der Waals surface area contributed by atoms with Crippen molar-refractivity contribution in [2.75, 3.05) is 11.9 Å². The SMILES string of the molecule is CCNS(=O)(=O)c1ccc(Nc2cn(C)nc2C)cc1. The molecule has 0 amide bonds. The minimum atomic E-state index is -3.40. The van der Waals surface area contributed by atoms with Crippen LogP contribution in [0.5, 0.6) is 0 Å². The van der Waals surface area contributed by atoms with Gasteiger partial charge in [0.2, 0.25) is 10.0 Å². The summed E-state index contributed by atoms with van der Waals surface area (Å²) in [5.74, 6) is 0. The van der Waals surface area contributed by atoms with E-state index < -0.39 is 10.0 Å². The van der Waals surface area contributed by atoms with Crippen molar-refractivity contribution in [3.63, 3.8) is 0 Å². The van der Waals surface area contributed by atoms with Crippen molar-refractivity contribution in [1.29, 1.82) is 0 Å². The van der Waals surface area contributed by atoms with Crippen LogP contribution in [0.3, 0.4) is 0 Å². The zero-order valence-electron chi connectivity index (χ0n) is 11.7. The van der Waals surface area contributed by atoms with Crippen LogP contribution in [0.15, 0.2) is 35.4 Å². The Morgan fingerprint density at radius 2 is 1.90 bits per heavy atom. The van der Waals surface area contributed by atoms with Gasteiger partial charge in [0.05, 0.1) is 16.3 Å². The van der Waals surface area contributed by atoms with Gasteiger partial charge < -0.3 is 5.32 Å². The Labute approximate surface area is 118 Å². The summed E-state index contributed by atoms with van der Waals surface area (Å²) in [6.45, 7) is 4.03. The predicted molar refractivity (Wildman–Crippen MR) is 78.5 cm³/mol. The molecule has 6 nitrogen and oxygen atoms in total. The number of nitrogens with one attached hydrogen (secondary N) is 2. The zero-order chi connectivity index (χ0) is 14.8. The molecule has 2 N–H and O–H groups in total. The molecule has 0 saturated heterocycles. The van der Waals surface area contributed by atoms with Gasteiger partial charge in [-0.15, -0.1) is 0 Å². The van der Waals surface area contributed by atoms with Crippen molar-refractivity contribution >= 4 is 21.4 Å². The first-order valence-corrected chi connectivity index (χ1v) is 7.77. The summed E-state index contributed by atoms with van der Waals surface area (Å²) >= 11 is 0. The third kappa shape index (κ3) is 3.17. The topological polar surface area (TPSA) is 76.0 Å². The number of hydrogen-bond acceptors (Lipinski definition) is 4. The largest absolute Gasteiger partial charge is 0.353 e. The fraction of sp³-hybridized carbons (Fsp3) is 0.308. The molecule has 20 heavy (non-hydrogen) atoms. The average molecular weight is 294 g/mol. The van der Waals surface area contributed by atoms with Crippen molar-refractivity contribution in [3.8, 4) is 0 Å². The number of rotatable bonds is 5. The number of sulfonamides is 1. The van der Waals surface area contributed by atoms with Crippen LogP contribution in [0.1, 0.15) is 12.6 Å². The molecule has 0 saturated carbocycles. The van der Waals surface area contributed by atoms with Gasteiger partial charge in [0.15, 0.2) is 0 Å². The molecule has 0 aliphatic carbocycles.